The molecule has 0 fully saturated rings. The van der Waals surface area contributed by atoms with Gasteiger partial charge in [-0.2, -0.15) is 0 Å². The van der Waals surface area contributed by atoms with E-state index in [4.69, 9.17) is 28.9 Å². The summed E-state index contributed by atoms with van der Waals surface area (Å²) in [5.41, 5.74) is 5.69. The summed E-state index contributed by atoms with van der Waals surface area (Å²) in [7, 11) is 0. The number of carbonyl (C=O) groups excluding carboxylic acids is 1. The summed E-state index contributed by atoms with van der Waals surface area (Å²) in [4.78, 5) is 23.3. The van der Waals surface area contributed by atoms with E-state index in [0.29, 0.717) is 11.6 Å². The number of carbonyl (C=O) groups is 1. The van der Waals surface area contributed by atoms with Gasteiger partial charge in [0, 0.05) is 18.0 Å². The van der Waals surface area contributed by atoms with Gasteiger partial charge < -0.3 is 11.1 Å². The fraction of sp³-hybridized carbons (Fsp3) is 0.111. The highest BCUT2D eigenvalue weighted by molar-refractivity contribution is 7.09. The van der Waals surface area contributed by atoms with E-state index in [1.165, 1.54) is 17.4 Å². The first-order valence-corrected chi connectivity index (χ1v) is 6.38. The number of aromatic nitrogens is 3. The molecular formula is C9H7Cl2N5OS. The molecule has 0 aromatic carbocycles. The van der Waals surface area contributed by atoms with E-state index in [1.54, 1.807) is 5.38 Å². The summed E-state index contributed by atoms with van der Waals surface area (Å²) in [5.74, 6) is -0.191. The van der Waals surface area contributed by atoms with Crippen molar-refractivity contribution < 1.29 is 4.79 Å². The molecule has 2 aromatic heterocycles. The predicted octanol–water partition coefficient (Wildman–Crippen LogP) is 1.95. The van der Waals surface area contributed by atoms with Gasteiger partial charge in [0.1, 0.15) is 21.7 Å². The zero-order valence-corrected chi connectivity index (χ0v) is 11.2. The van der Waals surface area contributed by atoms with Gasteiger partial charge in [0.05, 0.1) is 0 Å². The van der Waals surface area contributed by atoms with Crippen LogP contribution in [0.15, 0.2) is 11.4 Å². The fourth-order valence-electron chi connectivity index (χ4n) is 1.14. The van der Waals surface area contributed by atoms with Gasteiger partial charge in [-0.3, -0.25) is 4.79 Å². The maximum absolute atomic E-state index is 11.8. The van der Waals surface area contributed by atoms with Crippen LogP contribution in [0.1, 0.15) is 15.5 Å². The summed E-state index contributed by atoms with van der Waals surface area (Å²) in [6.45, 7) is 0.295. The Morgan fingerprint density at radius 2 is 2.17 bits per heavy atom. The van der Waals surface area contributed by atoms with Crippen molar-refractivity contribution in [1.29, 1.82) is 0 Å². The van der Waals surface area contributed by atoms with Crippen LogP contribution < -0.4 is 11.1 Å². The smallest absolute Gasteiger partial charge is 0.276 e. The second kappa shape index (κ2) is 5.57. The predicted molar refractivity (Wildman–Crippen MR) is 70.0 cm³/mol. The third kappa shape index (κ3) is 3.14. The average Bonchev–Trinajstić information content (AvgIpc) is 2.75. The number of hydrogen-bond acceptors (Lipinski definition) is 6. The number of nitrogens with one attached hydrogen (secondary N) is 1. The van der Waals surface area contributed by atoms with Crippen molar-refractivity contribution in [3.05, 3.63) is 32.6 Å². The lowest BCUT2D eigenvalue weighted by Crippen LogP contribution is -2.14. The summed E-state index contributed by atoms with van der Waals surface area (Å²) in [5, 5.41) is 4.92. The molecule has 18 heavy (non-hydrogen) atoms. The molecule has 0 saturated carbocycles. The lowest BCUT2D eigenvalue weighted by Gasteiger charge is -2.02. The van der Waals surface area contributed by atoms with Gasteiger partial charge in [-0.1, -0.05) is 11.6 Å². The highest BCUT2D eigenvalue weighted by Gasteiger charge is 2.12. The minimum Gasteiger partial charge on any atom is -0.325 e. The first kappa shape index (κ1) is 13.2. The molecule has 6 nitrogen and oxygen atoms in total. The molecular weight excluding hydrogens is 297 g/mol. The van der Waals surface area contributed by atoms with E-state index < -0.39 is 5.91 Å². The highest BCUT2D eigenvalue weighted by Crippen LogP contribution is 2.16. The number of nitrogens with zero attached hydrogens (tertiary/aromatic N) is 3. The van der Waals surface area contributed by atoms with Gasteiger partial charge in [-0.15, -0.1) is 11.3 Å². The Bertz CT molecular complexity index is 568. The Hall–Kier alpha value is -1.28. The minimum absolute atomic E-state index is 0.0428. The number of anilines is 1. The summed E-state index contributed by atoms with van der Waals surface area (Å²) < 4.78 is 0. The molecule has 94 valence electrons. The molecule has 0 unspecified atom stereocenters. The molecule has 1 amide bonds. The lowest BCUT2D eigenvalue weighted by molar-refractivity contribution is 0.102. The normalized spacial score (nSPS) is 10.4. The topological polar surface area (TPSA) is 93.8 Å². The van der Waals surface area contributed by atoms with Crippen LogP contribution in [0.5, 0.6) is 0 Å². The van der Waals surface area contributed by atoms with Crippen LogP contribution in [0, 0.1) is 0 Å². The Labute approximate surface area is 116 Å². The standard InChI is InChI=1S/C9H7Cl2N5OS/c10-5-1-6(16-9(11)14-5)15-8(17)4-3-18-7(2-12)13-4/h1,3H,2,12H2,(H,14,15,16,17). The highest BCUT2D eigenvalue weighted by atomic mass is 35.5. The molecule has 0 spiro atoms. The van der Waals surface area contributed by atoms with Crippen molar-refractivity contribution in [2.24, 2.45) is 5.73 Å². The Balaban J connectivity index is 2.15. The molecule has 0 aliphatic carbocycles. The molecule has 0 saturated heterocycles. The van der Waals surface area contributed by atoms with Crippen LogP contribution >= 0.6 is 34.5 Å². The van der Waals surface area contributed by atoms with Crippen LogP contribution in [0.4, 0.5) is 5.82 Å². The molecule has 0 radical (unpaired) electrons. The molecule has 9 heteroatoms. The first-order chi connectivity index (χ1) is 8.58. The summed E-state index contributed by atoms with van der Waals surface area (Å²) in [6.07, 6.45) is 0. The largest absolute Gasteiger partial charge is 0.325 e. The van der Waals surface area contributed by atoms with E-state index in [0.717, 1.165) is 0 Å². The Morgan fingerprint density at radius 3 is 2.78 bits per heavy atom. The van der Waals surface area contributed by atoms with E-state index in [9.17, 15) is 4.79 Å². The van der Waals surface area contributed by atoms with E-state index in [-0.39, 0.29) is 21.9 Å². The van der Waals surface area contributed by atoms with Crippen LogP contribution in [0.2, 0.25) is 10.4 Å². The van der Waals surface area contributed by atoms with Crippen LogP contribution in [-0.4, -0.2) is 20.9 Å². The number of halogens is 2. The second-order valence-corrected chi connectivity index (χ2v) is 4.80. The van der Waals surface area contributed by atoms with Crippen molar-refractivity contribution in [2.45, 2.75) is 6.54 Å². The summed E-state index contributed by atoms with van der Waals surface area (Å²) in [6, 6.07) is 1.39. The Morgan fingerprint density at radius 1 is 1.39 bits per heavy atom. The van der Waals surface area contributed by atoms with Crippen LogP contribution in [0.3, 0.4) is 0 Å². The quantitative estimate of drug-likeness (QED) is 0.667. The van der Waals surface area contributed by atoms with Gasteiger partial charge in [-0.25, -0.2) is 15.0 Å². The zero-order chi connectivity index (χ0) is 13.1. The molecule has 2 rings (SSSR count). The number of nitrogens with two attached hydrogens (primary N) is 1. The number of thiazole rings is 1. The maximum atomic E-state index is 11.8. The fourth-order valence-corrected chi connectivity index (χ4v) is 2.21. The molecule has 3 N–H and O–H groups in total. The van der Waals surface area contributed by atoms with Crippen LogP contribution in [-0.2, 0) is 6.54 Å². The second-order valence-electron chi connectivity index (χ2n) is 3.13. The third-order valence-electron chi connectivity index (χ3n) is 1.87. The number of rotatable bonds is 3. The number of hydrogen-bond donors (Lipinski definition) is 2. The molecule has 0 atom stereocenters. The van der Waals surface area contributed by atoms with E-state index in [1.807, 2.05) is 0 Å². The van der Waals surface area contributed by atoms with Crippen molar-refractivity contribution in [3.63, 3.8) is 0 Å². The molecule has 2 aromatic rings. The maximum Gasteiger partial charge on any atom is 0.276 e. The van der Waals surface area contributed by atoms with Gasteiger partial charge in [0.25, 0.3) is 5.91 Å². The van der Waals surface area contributed by atoms with Crippen LogP contribution in [0.25, 0.3) is 0 Å². The van der Waals surface area contributed by atoms with E-state index >= 15 is 0 Å². The first-order valence-electron chi connectivity index (χ1n) is 4.74. The SMILES string of the molecule is NCc1nc(C(=O)Nc2cc(Cl)nc(Cl)n2)cs1. The van der Waals surface area contributed by atoms with Crippen molar-refractivity contribution in [3.8, 4) is 0 Å². The molecule has 0 aliphatic rings. The monoisotopic (exact) mass is 303 g/mol. The molecule has 0 aliphatic heterocycles. The van der Waals surface area contributed by atoms with Gasteiger partial charge in [0.2, 0.25) is 5.28 Å². The van der Waals surface area contributed by atoms with Crippen molar-refractivity contribution in [2.75, 3.05) is 5.32 Å². The summed E-state index contributed by atoms with van der Waals surface area (Å²) >= 11 is 12.6. The average molecular weight is 304 g/mol. The molecule has 0 bridgehead atoms. The van der Waals surface area contributed by atoms with Crippen molar-refractivity contribution in [1.82, 2.24) is 15.0 Å². The van der Waals surface area contributed by atoms with Gasteiger partial charge in [-0.05, 0) is 11.6 Å². The van der Waals surface area contributed by atoms with Crippen molar-refractivity contribution >= 4 is 46.3 Å². The Kier molecular flexibility index (Phi) is 4.07. The van der Waals surface area contributed by atoms with Gasteiger partial charge >= 0.3 is 0 Å². The zero-order valence-electron chi connectivity index (χ0n) is 8.85. The van der Waals surface area contributed by atoms with E-state index in [2.05, 4.69) is 20.3 Å². The third-order valence-corrected chi connectivity index (χ3v) is 3.10. The lowest BCUT2D eigenvalue weighted by atomic mass is 10.4. The van der Waals surface area contributed by atoms with Gasteiger partial charge in [0.15, 0.2) is 0 Å². The minimum atomic E-state index is -0.406. The number of amides is 1. The molecule has 2 heterocycles.